The smallest absolute Gasteiger partial charge is 0.0863 e. The Hall–Kier alpha value is -0.980. The van der Waals surface area contributed by atoms with Crippen LogP contribution in [0.5, 0.6) is 0 Å². The van der Waals surface area contributed by atoms with E-state index in [9.17, 15) is 0 Å². The van der Waals surface area contributed by atoms with Gasteiger partial charge in [-0.05, 0) is 37.4 Å². The van der Waals surface area contributed by atoms with E-state index in [0.717, 1.165) is 13.0 Å². The van der Waals surface area contributed by atoms with Crippen molar-refractivity contribution in [3.8, 4) is 6.07 Å². The predicted octanol–water partition coefficient (Wildman–Crippen LogP) is 2.41. The first-order valence-electron chi connectivity index (χ1n) is 4.94. The topological polar surface area (TPSA) is 27.0 Å². The number of benzene rings is 1. The average Bonchev–Trinajstić information content (AvgIpc) is 2.27. The minimum atomic E-state index is 0.503. The Kier molecular flexibility index (Phi) is 5.23. The molecule has 0 radical (unpaired) electrons. The number of nitriles is 1. The van der Waals surface area contributed by atoms with E-state index in [1.165, 1.54) is 10.5 Å². The number of hydrogen-bond donors (Lipinski definition) is 0. The Morgan fingerprint density at radius 1 is 1.33 bits per heavy atom. The molecule has 3 heteroatoms. The summed E-state index contributed by atoms with van der Waals surface area (Å²) in [5.41, 5.74) is 1.33. The van der Waals surface area contributed by atoms with Crippen LogP contribution in [0.2, 0.25) is 0 Å². The third kappa shape index (κ3) is 4.37. The van der Waals surface area contributed by atoms with Crippen molar-refractivity contribution < 1.29 is 0 Å². The van der Waals surface area contributed by atoms with Gasteiger partial charge in [0.15, 0.2) is 0 Å². The summed E-state index contributed by atoms with van der Waals surface area (Å²) in [6.07, 6.45) is 3.09. The van der Waals surface area contributed by atoms with E-state index in [-0.39, 0.29) is 0 Å². The van der Waals surface area contributed by atoms with Gasteiger partial charge in [0.05, 0.1) is 12.6 Å². The van der Waals surface area contributed by atoms with E-state index >= 15 is 0 Å². The molecule has 0 aliphatic heterocycles. The van der Waals surface area contributed by atoms with E-state index in [4.69, 9.17) is 5.26 Å². The third-order valence-corrected chi connectivity index (χ3v) is 3.03. The summed E-state index contributed by atoms with van der Waals surface area (Å²) in [5.74, 6) is 0. The molecular weight excluding hydrogens is 204 g/mol. The number of thioether (sulfide) groups is 1. The highest BCUT2D eigenvalue weighted by molar-refractivity contribution is 7.98. The van der Waals surface area contributed by atoms with Crippen molar-refractivity contribution in [2.75, 3.05) is 26.4 Å². The summed E-state index contributed by atoms with van der Waals surface area (Å²) < 4.78 is 0. The van der Waals surface area contributed by atoms with E-state index in [0.29, 0.717) is 6.54 Å². The van der Waals surface area contributed by atoms with Crippen molar-refractivity contribution in [3.63, 3.8) is 0 Å². The molecule has 0 saturated heterocycles. The van der Waals surface area contributed by atoms with Gasteiger partial charge in [-0.15, -0.1) is 11.8 Å². The van der Waals surface area contributed by atoms with Crippen molar-refractivity contribution in [2.24, 2.45) is 0 Å². The van der Waals surface area contributed by atoms with Crippen LogP contribution < -0.4 is 0 Å². The fraction of sp³-hybridized carbons (Fsp3) is 0.417. The molecule has 1 aromatic carbocycles. The van der Waals surface area contributed by atoms with Crippen molar-refractivity contribution >= 4 is 11.8 Å². The lowest BCUT2D eigenvalue weighted by Gasteiger charge is -2.11. The highest BCUT2D eigenvalue weighted by atomic mass is 32.2. The molecule has 0 heterocycles. The summed E-state index contributed by atoms with van der Waals surface area (Å²) >= 11 is 1.76. The second-order valence-corrected chi connectivity index (χ2v) is 4.37. The maximum atomic E-state index is 8.51. The summed E-state index contributed by atoms with van der Waals surface area (Å²) in [4.78, 5) is 3.33. The summed E-state index contributed by atoms with van der Waals surface area (Å²) in [5, 5.41) is 8.51. The van der Waals surface area contributed by atoms with Crippen molar-refractivity contribution in [1.82, 2.24) is 4.90 Å². The average molecular weight is 220 g/mol. The summed E-state index contributed by atoms with van der Waals surface area (Å²) in [6, 6.07) is 10.7. The van der Waals surface area contributed by atoms with Gasteiger partial charge < -0.3 is 0 Å². The molecule has 1 aromatic rings. The minimum Gasteiger partial charge on any atom is -0.293 e. The molecule has 80 valence electrons. The first-order valence-corrected chi connectivity index (χ1v) is 6.17. The highest BCUT2D eigenvalue weighted by Gasteiger charge is 1.98. The van der Waals surface area contributed by atoms with Crippen LogP contribution in [0.3, 0.4) is 0 Å². The molecule has 0 aromatic heterocycles. The number of rotatable bonds is 5. The molecule has 1 rings (SSSR count). The second kappa shape index (κ2) is 6.49. The molecular formula is C12H16N2S. The monoisotopic (exact) mass is 220 g/mol. The van der Waals surface area contributed by atoms with Crippen molar-refractivity contribution in [1.29, 1.82) is 5.26 Å². The number of likely N-dealkylation sites (N-methyl/N-ethyl adjacent to an activating group) is 1. The normalized spacial score (nSPS) is 10.3. The Labute approximate surface area is 95.9 Å². The van der Waals surface area contributed by atoms with Gasteiger partial charge in [0.25, 0.3) is 0 Å². The van der Waals surface area contributed by atoms with Gasteiger partial charge in [0.2, 0.25) is 0 Å². The molecule has 0 spiro atoms. The van der Waals surface area contributed by atoms with Crippen molar-refractivity contribution in [3.05, 3.63) is 29.8 Å². The highest BCUT2D eigenvalue weighted by Crippen LogP contribution is 2.15. The Balaban J connectivity index is 2.41. The lowest BCUT2D eigenvalue weighted by atomic mass is 10.1. The van der Waals surface area contributed by atoms with Crippen LogP contribution in [0.25, 0.3) is 0 Å². The van der Waals surface area contributed by atoms with Gasteiger partial charge in [0.1, 0.15) is 0 Å². The van der Waals surface area contributed by atoms with Crippen LogP contribution in [0.4, 0.5) is 0 Å². The lowest BCUT2D eigenvalue weighted by molar-refractivity contribution is 0.379. The fourth-order valence-electron chi connectivity index (χ4n) is 1.31. The largest absolute Gasteiger partial charge is 0.293 e. The van der Waals surface area contributed by atoms with Gasteiger partial charge in [0, 0.05) is 11.4 Å². The Morgan fingerprint density at radius 2 is 2.00 bits per heavy atom. The predicted molar refractivity (Wildman–Crippen MR) is 65.0 cm³/mol. The molecule has 0 aliphatic rings. The summed E-state index contributed by atoms with van der Waals surface area (Å²) in [7, 11) is 1.97. The maximum absolute atomic E-state index is 8.51. The maximum Gasteiger partial charge on any atom is 0.0863 e. The van der Waals surface area contributed by atoms with Gasteiger partial charge in [-0.1, -0.05) is 12.1 Å². The van der Waals surface area contributed by atoms with Gasteiger partial charge in [-0.25, -0.2) is 0 Å². The van der Waals surface area contributed by atoms with Gasteiger partial charge in [-0.3, -0.25) is 4.90 Å². The van der Waals surface area contributed by atoms with Crippen LogP contribution in [0.15, 0.2) is 29.2 Å². The van der Waals surface area contributed by atoms with E-state index in [1.54, 1.807) is 11.8 Å². The van der Waals surface area contributed by atoms with E-state index in [1.807, 2.05) is 11.9 Å². The molecule has 0 N–H and O–H groups in total. The first-order chi connectivity index (χ1) is 7.26. The van der Waals surface area contributed by atoms with Crippen molar-refractivity contribution in [2.45, 2.75) is 11.3 Å². The molecule has 0 saturated carbocycles. The zero-order valence-electron chi connectivity index (χ0n) is 9.23. The second-order valence-electron chi connectivity index (χ2n) is 3.49. The number of hydrogen-bond acceptors (Lipinski definition) is 3. The van der Waals surface area contributed by atoms with Crippen LogP contribution in [0, 0.1) is 11.3 Å². The van der Waals surface area contributed by atoms with Crippen LogP contribution in [-0.4, -0.2) is 31.3 Å². The molecule has 0 fully saturated rings. The minimum absolute atomic E-state index is 0.503. The molecule has 0 unspecified atom stereocenters. The molecule has 0 atom stereocenters. The van der Waals surface area contributed by atoms with Crippen LogP contribution in [0.1, 0.15) is 5.56 Å². The Morgan fingerprint density at radius 3 is 2.53 bits per heavy atom. The number of nitrogens with zero attached hydrogens (tertiary/aromatic N) is 2. The van der Waals surface area contributed by atoms with E-state index in [2.05, 4.69) is 36.6 Å². The summed E-state index contributed by atoms with van der Waals surface area (Å²) in [6.45, 7) is 1.44. The van der Waals surface area contributed by atoms with Crippen LogP contribution in [-0.2, 0) is 6.42 Å². The molecule has 0 aliphatic carbocycles. The van der Waals surface area contributed by atoms with Gasteiger partial charge in [-0.2, -0.15) is 5.26 Å². The van der Waals surface area contributed by atoms with Crippen LogP contribution >= 0.6 is 11.8 Å². The molecule has 0 bridgehead atoms. The standard InChI is InChI=1S/C12H16N2S/c1-14(10-8-13)9-7-11-3-5-12(15-2)6-4-11/h3-6H,7,9-10H2,1-2H3. The Bertz CT molecular complexity index is 326. The molecule has 15 heavy (non-hydrogen) atoms. The molecule has 2 nitrogen and oxygen atoms in total. The third-order valence-electron chi connectivity index (χ3n) is 2.28. The van der Waals surface area contributed by atoms with Gasteiger partial charge >= 0.3 is 0 Å². The lowest BCUT2D eigenvalue weighted by Crippen LogP contribution is -2.21. The first kappa shape index (κ1) is 12.1. The van der Waals surface area contributed by atoms with E-state index < -0.39 is 0 Å². The zero-order valence-corrected chi connectivity index (χ0v) is 10.0. The fourth-order valence-corrected chi connectivity index (χ4v) is 1.72. The molecule has 0 amide bonds. The SMILES string of the molecule is CSc1ccc(CCN(C)CC#N)cc1. The zero-order chi connectivity index (χ0) is 11.1. The quantitative estimate of drug-likeness (QED) is 0.563.